The van der Waals surface area contributed by atoms with Crippen molar-refractivity contribution in [2.75, 3.05) is 13.7 Å². The highest BCUT2D eigenvalue weighted by atomic mass is 16.5. The predicted octanol–water partition coefficient (Wildman–Crippen LogP) is 1.90. The standard InChI is InChI=1S/C18H22N2O5/c1-11-15(12(2)25-20-11)9-17(21)19-10-14(18(22)23)8-13-6-4-5-7-16(13)24-3/h4-7,14H,8-10H2,1-3H3,(H,19,21)(H,22,23). The van der Waals surface area contributed by atoms with Crippen molar-refractivity contribution < 1.29 is 24.0 Å². The summed E-state index contributed by atoms with van der Waals surface area (Å²) in [4.78, 5) is 23.6. The molecule has 0 saturated heterocycles. The first kappa shape index (κ1) is 18.5. The number of nitrogens with one attached hydrogen (secondary N) is 1. The van der Waals surface area contributed by atoms with Crippen molar-refractivity contribution in [3.05, 3.63) is 46.8 Å². The number of hydrogen-bond acceptors (Lipinski definition) is 5. The fourth-order valence-electron chi connectivity index (χ4n) is 2.60. The van der Waals surface area contributed by atoms with Gasteiger partial charge < -0.3 is 19.7 Å². The highest BCUT2D eigenvalue weighted by Crippen LogP contribution is 2.21. The molecule has 0 aliphatic heterocycles. The number of aliphatic carboxylic acids is 1. The minimum absolute atomic E-state index is 0.0373. The van der Waals surface area contributed by atoms with Crippen LogP contribution in [0.3, 0.4) is 0 Å². The Labute approximate surface area is 146 Å². The average Bonchev–Trinajstić information content (AvgIpc) is 2.90. The van der Waals surface area contributed by atoms with Crippen molar-refractivity contribution in [1.29, 1.82) is 0 Å². The van der Waals surface area contributed by atoms with Gasteiger partial charge >= 0.3 is 5.97 Å². The summed E-state index contributed by atoms with van der Waals surface area (Å²) >= 11 is 0. The van der Waals surface area contributed by atoms with E-state index in [0.717, 1.165) is 11.1 Å². The molecule has 0 spiro atoms. The molecule has 0 saturated carbocycles. The molecule has 1 heterocycles. The first-order valence-corrected chi connectivity index (χ1v) is 7.95. The predicted molar refractivity (Wildman–Crippen MR) is 90.5 cm³/mol. The van der Waals surface area contributed by atoms with Gasteiger partial charge in [0, 0.05) is 12.1 Å². The number of hydrogen-bond donors (Lipinski definition) is 2. The van der Waals surface area contributed by atoms with Crippen LogP contribution in [0, 0.1) is 19.8 Å². The number of carbonyl (C=O) groups is 2. The number of carboxylic acids is 1. The summed E-state index contributed by atoms with van der Waals surface area (Å²) in [5.74, 6) is -0.749. The molecule has 2 N–H and O–H groups in total. The molecule has 0 fully saturated rings. The quantitative estimate of drug-likeness (QED) is 0.757. The molecule has 1 amide bonds. The van der Waals surface area contributed by atoms with Gasteiger partial charge in [-0.15, -0.1) is 0 Å². The van der Waals surface area contributed by atoms with Crippen molar-refractivity contribution in [1.82, 2.24) is 10.5 Å². The maximum atomic E-state index is 12.1. The van der Waals surface area contributed by atoms with E-state index in [1.165, 1.54) is 0 Å². The van der Waals surface area contributed by atoms with Gasteiger partial charge in [0.15, 0.2) is 0 Å². The van der Waals surface area contributed by atoms with E-state index in [2.05, 4.69) is 10.5 Å². The van der Waals surface area contributed by atoms with Crippen LogP contribution in [0.2, 0.25) is 0 Å². The molecule has 0 aliphatic rings. The average molecular weight is 346 g/mol. The molecule has 134 valence electrons. The maximum Gasteiger partial charge on any atom is 0.308 e. The lowest BCUT2D eigenvalue weighted by atomic mass is 9.98. The van der Waals surface area contributed by atoms with Crippen LogP contribution >= 0.6 is 0 Å². The number of ether oxygens (including phenoxy) is 1. The number of methoxy groups -OCH3 is 1. The van der Waals surface area contributed by atoms with Crippen molar-refractivity contribution in [2.45, 2.75) is 26.7 Å². The lowest BCUT2D eigenvalue weighted by Gasteiger charge is -2.15. The Bertz CT molecular complexity index is 734. The number of aromatic nitrogens is 1. The third kappa shape index (κ3) is 4.82. The SMILES string of the molecule is COc1ccccc1CC(CNC(=O)Cc1c(C)noc1C)C(=O)O. The molecule has 0 aliphatic carbocycles. The molecule has 0 radical (unpaired) electrons. The van der Waals surface area contributed by atoms with Crippen molar-refractivity contribution >= 4 is 11.9 Å². The highest BCUT2D eigenvalue weighted by molar-refractivity contribution is 5.80. The van der Waals surface area contributed by atoms with Crippen LogP contribution in [0.15, 0.2) is 28.8 Å². The lowest BCUT2D eigenvalue weighted by Crippen LogP contribution is -2.35. The molecule has 1 atom stereocenters. The minimum atomic E-state index is -0.969. The van der Waals surface area contributed by atoms with E-state index < -0.39 is 11.9 Å². The summed E-state index contributed by atoms with van der Waals surface area (Å²) in [6.07, 6.45) is 0.382. The highest BCUT2D eigenvalue weighted by Gasteiger charge is 2.21. The number of carboxylic acid groups (broad SMARTS) is 1. The van der Waals surface area contributed by atoms with Crippen LogP contribution in [0.5, 0.6) is 5.75 Å². The third-order valence-electron chi connectivity index (χ3n) is 4.07. The molecule has 1 aromatic carbocycles. The molecule has 1 unspecified atom stereocenters. The molecular formula is C18H22N2O5. The number of para-hydroxylation sites is 1. The van der Waals surface area contributed by atoms with E-state index >= 15 is 0 Å². The number of amides is 1. The monoisotopic (exact) mass is 346 g/mol. The van der Waals surface area contributed by atoms with Gasteiger partial charge in [0.1, 0.15) is 11.5 Å². The van der Waals surface area contributed by atoms with Gasteiger partial charge in [-0.2, -0.15) is 0 Å². The zero-order valence-electron chi connectivity index (χ0n) is 14.5. The minimum Gasteiger partial charge on any atom is -0.496 e. The van der Waals surface area contributed by atoms with Crippen LogP contribution < -0.4 is 10.1 Å². The van der Waals surface area contributed by atoms with E-state index in [9.17, 15) is 14.7 Å². The third-order valence-corrected chi connectivity index (χ3v) is 4.07. The van der Waals surface area contributed by atoms with Crippen LogP contribution in [0.25, 0.3) is 0 Å². The molecule has 7 heteroatoms. The van der Waals surface area contributed by atoms with Gasteiger partial charge in [0.05, 0.1) is 25.1 Å². The number of aryl methyl sites for hydroxylation is 2. The van der Waals surface area contributed by atoms with Crippen molar-refractivity contribution in [3.63, 3.8) is 0 Å². The largest absolute Gasteiger partial charge is 0.496 e. The van der Waals surface area contributed by atoms with Crippen molar-refractivity contribution in [2.24, 2.45) is 5.92 Å². The maximum absolute atomic E-state index is 12.1. The van der Waals surface area contributed by atoms with E-state index in [4.69, 9.17) is 9.26 Å². The van der Waals surface area contributed by atoms with Gasteiger partial charge in [-0.25, -0.2) is 0 Å². The lowest BCUT2D eigenvalue weighted by molar-refractivity contribution is -0.141. The summed E-state index contributed by atoms with van der Waals surface area (Å²) in [6, 6.07) is 7.25. The zero-order chi connectivity index (χ0) is 18.4. The second kappa shape index (κ2) is 8.32. The van der Waals surface area contributed by atoms with Gasteiger partial charge in [0.2, 0.25) is 5.91 Å². The van der Waals surface area contributed by atoms with Crippen LogP contribution in [0.4, 0.5) is 0 Å². The smallest absolute Gasteiger partial charge is 0.308 e. The molecule has 7 nitrogen and oxygen atoms in total. The second-order valence-electron chi connectivity index (χ2n) is 5.83. The Morgan fingerprint density at radius 1 is 1.32 bits per heavy atom. The van der Waals surface area contributed by atoms with E-state index in [-0.39, 0.29) is 25.3 Å². The topological polar surface area (TPSA) is 102 Å². The van der Waals surface area contributed by atoms with E-state index in [1.54, 1.807) is 27.0 Å². The van der Waals surface area contributed by atoms with Crippen molar-refractivity contribution in [3.8, 4) is 5.75 Å². The van der Waals surface area contributed by atoms with E-state index in [0.29, 0.717) is 17.2 Å². The normalized spacial score (nSPS) is 11.8. The van der Waals surface area contributed by atoms with Gasteiger partial charge in [0.25, 0.3) is 0 Å². The summed E-state index contributed by atoms with van der Waals surface area (Å²) in [5, 5.41) is 15.9. The Morgan fingerprint density at radius 2 is 2.04 bits per heavy atom. The summed E-state index contributed by atoms with van der Waals surface area (Å²) in [5.41, 5.74) is 2.18. The van der Waals surface area contributed by atoms with Gasteiger partial charge in [-0.05, 0) is 31.9 Å². The van der Waals surface area contributed by atoms with Gasteiger partial charge in [-0.1, -0.05) is 23.4 Å². The molecule has 2 aromatic rings. The van der Waals surface area contributed by atoms with Crippen LogP contribution in [0.1, 0.15) is 22.6 Å². The Morgan fingerprint density at radius 3 is 2.64 bits per heavy atom. The summed E-state index contributed by atoms with van der Waals surface area (Å²) in [7, 11) is 1.54. The zero-order valence-corrected chi connectivity index (χ0v) is 14.5. The number of benzene rings is 1. The summed E-state index contributed by atoms with van der Waals surface area (Å²) < 4.78 is 10.3. The first-order valence-electron chi connectivity index (χ1n) is 7.95. The molecule has 1 aromatic heterocycles. The molecular weight excluding hydrogens is 324 g/mol. The Kier molecular flexibility index (Phi) is 6.16. The van der Waals surface area contributed by atoms with Crippen LogP contribution in [-0.2, 0) is 22.4 Å². The Hall–Kier alpha value is -2.83. The second-order valence-corrected chi connectivity index (χ2v) is 5.83. The summed E-state index contributed by atoms with van der Waals surface area (Å²) in [6.45, 7) is 3.54. The molecule has 0 bridgehead atoms. The first-order chi connectivity index (χ1) is 11.9. The number of nitrogens with zero attached hydrogens (tertiary/aromatic N) is 1. The number of carbonyl (C=O) groups excluding carboxylic acids is 1. The fraction of sp³-hybridized carbons (Fsp3) is 0.389. The Balaban J connectivity index is 1.98. The van der Waals surface area contributed by atoms with Gasteiger partial charge in [-0.3, -0.25) is 9.59 Å². The number of rotatable bonds is 8. The fourth-order valence-corrected chi connectivity index (χ4v) is 2.60. The van der Waals surface area contributed by atoms with Crippen LogP contribution in [-0.4, -0.2) is 35.8 Å². The molecule has 25 heavy (non-hydrogen) atoms. The van der Waals surface area contributed by atoms with E-state index in [1.807, 2.05) is 18.2 Å². The molecule has 2 rings (SSSR count).